The zero-order valence-electron chi connectivity index (χ0n) is 17.6. The van der Waals surface area contributed by atoms with Crippen LogP contribution in [0.5, 0.6) is 0 Å². The SMILES string of the molecule is Cn1c(C(=O)NC2CCCCC2CO)nc(-c2ccc(Cl)cc2Cl)c1-c1ccc(Cl)cc1. The Hall–Kier alpha value is -2.05. The molecule has 168 valence electrons. The molecule has 5 nitrogen and oxygen atoms in total. The van der Waals surface area contributed by atoms with E-state index >= 15 is 0 Å². The summed E-state index contributed by atoms with van der Waals surface area (Å²) in [6.45, 7) is 0.0627. The van der Waals surface area contributed by atoms with Crippen LogP contribution in [0.2, 0.25) is 15.1 Å². The Morgan fingerprint density at radius 1 is 1.09 bits per heavy atom. The average molecular weight is 493 g/mol. The van der Waals surface area contributed by atoms with Gasteiger partial charge < -0.3 is 15.0 Å². The highest BCUT2D eigenvalue weighted by Gasteiger charge is 2.29. The highest BCUT2D eigenvalue weighted by Crippen LogP contribution is 2.37. The molecule has 0 radical (unpaired) electrons. The predicted octanol–water partition coefficient (Wildman–Crippen LogP) is 6.00. The molecule has 1 aromatic heterocycles. The van der Waals surface area contributed by atoms with Crippen LogP contribution >= 0.6 is 34.8 Å². The van der Waals surface area contributed by atoms with Gasteiger partial charge in [-0.05, 0) is 43.2 Å². The number of benzene rings is 2. The van der Waals surface area contributed by atoms with Crippen molar-refractivity contribution in [2.24, 2.45) is 13.0 Å². The molecule has 2 aromatic carbocycles. The summed E-state index contributed by atoms with van der Waals surface area (Å²) in [4.78, 5) is 18.0. The van der Waals surface area contributed by atoms with Crippen LogP contribution in [0.25, 0.3) is 22.5 Å². The second-order valence-electron chi connectivity index (χ2n) is 8.13. The van der Waals surface area contributed by atoms with Gasteiger partial charge in [-0.3, -0.25) is 4.79 Å². The molecule has 1 aliphatic carbocycles. The smallest absolute Gasteiger partial charge is 0.287 e. The molecule has 8 heteroatoms. The van der Waals surface area contributed by atoms with Crippen molar-refractivity contribution in [3.63, 3.8) is 0 Å². The van der Waals surface area contributed by atoms with Crippen LogP contribution in [0.3, 0.4) is 0 Å². The largest absolute Gasteiger partial charge is 0.396 e. The summed E-state index contributed by atoms with van der Waals surface area (Å²) < 4.78 is 1.77. The number of carbonyl (C=O) groups is 1. The monoisotopic (exact) mass is 491 g/mol. The van der Waals surface area contributed by atoms with Gasteiger partial charge in [-0.25, -0.2) is 4.98 Å². The van der Waals surface area contributed by atoms with E-state index in [9.17, 15) is 9.90 Å². The van der Waals surface area contributed by atoms with Gasteiger partial charge in [0.05, 0.1) is 16.4 Å². The first-order valence-corrected chi connectivity index (χ1v) is 11.7. The molecular formula is C24H24Cl3N3O2. The van der Waals surface area contributed by atoms with Gasteiger partial charge in [0.15, 0.2) is 5.82 Å². The first-order valence-electron chi connectivity index (χ1n) is 10.6. The fourth-order valence-electron chi connectivity index (χ4n) is 4.36. The van der Waals surface area contributed by atoms with Crippen molar-refractivity contribution in [1.82, 2.24) is 14.9 Å². The number of nitrogens with zero attached hydrogens (tertiary/aromatic N) is 2. The lowest BCUT2D eigenvalue weighted by molar-refractivity contribution is 0.0859. The quantitative estimate of drug-likeness (QED) is 0.459. The summed E-state index contributed by atoms with van der Waals surface area (Å²) in [5, 5.41) is 14.4. The molecule has 2 N–H and O–H groups in total. The van der Waals surface area contributed by atoms with Gasteiger partial charge in [-0.2, -0.15) is 0 Å². The van der Waals surface area contributed by atoms with Gasteiger partial charge in [0, 0.05) is 46.8 Å². The van der Waals surface area contributed by atoms with Crippen LogP contribution in [0, 0.1) is 5.92 Å². The Morgan fingerprint density at radius 2 is 1.78 bits per heavy atom. The molecule has 1 fully saturated rings. The Balaban J connectivity index is 1.78. The number of rotatable bonds is 5. The number of hydrogen-bond acceptors (Lipinski definition) is 3. The summed E-state index contributed by atoms with van der Waals surface area (Å²) in [7, 11) is 1.81. The van der Waals surface area contributed by atoms with E-state index in [1.807, 2.05) is 19.2 Å². The number of hydrogen-bond donors (Lipinski definition) is 2. The van der Waals surface area contributed by atoms with Gasteiger partial charge in [-0.15, -0.1) is 0 Å². The molecular weight excluding hydrogens is 469 g/mol. The Kier molecular flexibility index (Phi) is 7.11. The number of aliphatic hydroxyl groups excluding tert-OH is 1. The summed E-state index contributed by atoms with van der Waals surface area (Å²) in [5.74, 6) is 0.0662. The second-order valence-corrected chi connectivity index (χ2v) is 9.41. The van der Waals surface area contributed by atoms with E-state index in [1.54, 1.807) is 34.9 Å². The Morgan fingerprint density at radius 3 is 2.47 bits per heavy atom. The molecule has 1 amide bonds. The van der Waals surface area contributed by atoms with Crippen molar-refractivity contribution in [1.29, 1.82) is 0 Å². The molecule has 4 rings (SSSR count). The number of aliphatic hydroxyl groups is 1. The van der Waals surface area contributed by atoms with Crippen LogP contribution in [0.15, 0.2) is 42.5 Å². The second kappa shape index (κ2) is 9.84. The molecule has 0 aliphatic heterocycles. The number of aromatic nitrogens is 2. The summed E-state index contributed by atoms with van der Waals surface area (Å²) in [6, 6.07) is 12.5. The maximum Gasteiger partial charge on any atom is 0.287 e. The molecule has 1 aliphatic rings. The normalized spacial score (nSPS) is 18.5. The van der Waals surface area contributed by atoms with E-state index in [1.165, 1.54) is 0 Å². The lowest BCUT2D eigenvalue weighted by Gasteiger charge is -2.30. The number of halogens is 3. The molecule has 3 aromatic rings. The predicted molar refractivity (Wildman–Crippen MR) is 129 cm³/mol. The summed E-state index contributed by atoms with van der Waals surface area (Å²) in [6.07, 6.45) is 3.86. The van der Waals surface area contributed by atoms with Crippen molar-refractivity contribution >= 4 is 40.7 Å². The maximum atomic E-state index is 13.3. The van der Waals surface area contributed by atoms with Crippen LogP contribution < -0.4 is 5.32 Å². The Labute approximate surface area is 202 Å². The lowest BCUT2D eigenvalue weighted by Crippen LogP contribution is -2.44. The minimum Gasteiger partial charge on any atom is -0.396 e. The number of imidazole rings is 1. The molecule has 32 heavy (non-hydrogen) atoms. The molecule has 2 atom stereocenters. The highest BCUT2D eigenvalue weighted by atomic mass is 35.5. The first-order chi connectivity index (χ1) is 15.4. The van der Waals surface area contributed by atoms with E-state index in [-0.39, 0.29) is 30.3 Å². The molecule has 2 unspecified atom stereocenters. The van der Waals surface area contributed by atoms with Gasteiger partial charge in [0.1, 0.15) is 0 Å². The van der Waals surface area contributed by atoms with Crippen LogP contribution in [0.4, 0.5) is 0 Å². The topological polar surface area (TPSA) is 67.2 Å². The van der Waals surface area contributed by atoms with Crippen molar-refractivity contribution in [3.8, 4) is 22.5 Å². The van der Waals surface area contributed by atoms with Gasteiger partial charge in [0.2, 0.25) is 0 Å². The molecule has 0 saturated heterocycles. The molecule has 1 heterocycles. The lowest BCUT2D eigenvalue weighted by atomic mass is 9.85. The molecule has 1 saturated carbocycles. The third-order valence-corrected chi connectivity index (χ3v) is 6.86. The minimum absolute atomic E-state index is 0.0627. The number of carbonyl (C=O) groups excluding carboxylic acids is 1. The third kappa shape index (κ3) is 4.67. The van der Waals surface area contributed by atoms with E-state index in [2.05, 4.69) is 5.32 Å². The van der Waals surface area contributed by atoms with Crippen molar-refractivity contribution < 1.29 is 9.90 Å². The first kappa shape index (κ1) is 23.1. The van der Waals surface area contributed by atoms with E-state index < -0.39 is 0 Å². The summed E-state index contributed by atoms with van der Waals surface area (Å²) in [5.41, 5.74) is 2.87. The van der Waals surface area contributed by atoms with Gasteiger partial charge in [-0.1, -0.05) is 59.8 Å². The number of amides is 1. The van der Waals surface area contributed by atoms with E-state index in [4.69, 9.17) is 39.8 Å². The van der Waals surface area contributed by atoms with Gasteiger partial charge >= 0.3 is 0 Å². The van der Waals surface area contributed by atoms with E-state index in [0.717, 1.165) is 36.9 Å². The fraction of sp³-hybridized carbons (Fsp3) is 0.333. The fourth-order valence-corrected chi connectivity index (χ4v) is 4.98. The minimum atomic E-state index is -0.274. The summed E-state index contributed by atoms with van der Waals surface area (Å²) >= 11 is 18.7. The molecule has 0 bridgehead atoms. The van der Waals surface area contributed by atoms with Crippen molar-refractivity contribution in [2.75, 3.05) is 6.61 Å². The van der Waals surface area contributed by atoms with Gasteiger partial charge in [0.25, 0.3) is 5.91 Å². The van der Waals surface area contributed by atoms with Crippen LogP contribution in [-0.4, -0.2) is 33.2 Å². The zero-order valence-corrected chi connectivity index (χ0v) is 19.9. The molecule has 0 spiro atoms. The maximum absolute atomic E-state index is 13.3. The van der Waals surface area contributed by atoms with Crippen LogP contribution in [0.1, 0.15) is 36.3 Å². The zero-order chi connectivity index (χ0) is 22.8. The van der Waals surface area contributed by atoms with Crippen LogP contribution in [-0.2, 0) is 7.05 Å². The average Bonchev–Trinajstić information content (AvgIpc) is 3.11. The number of nitrogens with one attached hydrogen (secondary N) is 1. The standard InChI is InChI=1S/C24H24Cl3N3O2/c1-30-22(14-6-8-16(25)9-7-14)21(18-11-10-17(26)12-19(18)27)29-23(30)24(32)28-20-5-3-2-4-15(20)13-31/h6-12,15,20,31H,2-5,13H2,1H3,(H,28,32). The highest BCUT2D eigenvalue weighted by molar-refractivity contribution is 6.36. The van der Waals surface area contributed by atoms with Crippen molar-refractivity contribution in [2.45, 2.75) is 31.7 Å². The third-order valence-electron chi connectivity index (χ3n) is 6.06. The Bertz CT molecular complexity index is 1130. The van der Waals surface area contributed by atoms with E-state index in [0.29, 0.717) is 26.3 Å². The van der Waals surface area contributed by atoms with Crippen molar-refractivity contribution in [3.05, 3.63) is 63.4 Å².